The SMILES string of the molecule is O=C(CCCc1ccc(Br)cc1)C(F)(F)F. The lowest BCUT2D eigenvalue weighted by Crippen LogP contribution is -2.22. The van der Waals surface area contributed by atoms with Crippen molar-refractivity contribution in [3.63, 3.8) is 0 Å². The van der Waals surface area contributed by atoms with Crippen molar-refractivity contribution in [2.75, 3.05) is 0 Å². The number of Topliss-reactive ketones (excluding diaryl/α,β-unsaturated/α-hetero) is 1. The van der Waals surface area contributed by atoms with Crippen molar-refractivity contribution < 1.29 is 18.0 Å². The molecule has 0 bridgehead atoms. The molecule has 0 N–H and O–H groups in total. The summed E-state index contributed by atoms with van der Waals surface area (Å²) in [6, 6.07) is 7.28. The maximum absolute atomic E-state index is 11.9. The number of carbonyl (C=O) groups is 1. The summed E-state index contributed by atoms with van der Waals surface area (Å²) in [7, 11) is 0. The minimum absolute atomic E-state index is 0.222. The lowest BCUT2D eigenvalue weighted by Gasteiger charge is -2.04. The number of carbonyl (C=O) groups excluding carboxylic acids is 1. The minimum Gasteiger partial charge on any atom is -0.290 e. The molecule has 0 saturated carbocycles. The maximum atomic E-state index is 11.9. The molecule has 88 valence electrons. The van der Waals surface area contributed by atoms with Gasteiger partial charge in [-0.2, -0.15) is 13.2 Å². The van der Waals surface area contributed by atoms with E-state index in [2.05, 4.69) is 15.9 Å². The van der Waals surface area contributed by atoms with Crippen LogP contribution in [0, 0.1) is 0 Å². The van der Waals surface area contributed by atoms with E-state index >= 15 is 0 Å². The third-order valence-electron chi connectivity index (χ3n) is 2.10. The monoisotopic (exact) mass is 294 g/mol. The van der Waals surface area contributed by atoms with Crippen LogP contribution in [0.5, 0.6) is 0 Å². The molecule has 0 spiro atoms. The fourth-order valence-electron chi connectivity index (χ4n) is 1.25. The van der Waals surface area contributed by atoms with Crippen molar-refractivity contribution in [1.82, 2.24) is 0 Å². The van der Waals surface area contributed by atoms with E-state index < -0.39 is 18.4 Å². The van der Waals surface area contributed by atoms with Crippen molar-refractivity contribution in [3.8, 4) is 0 Å². The first-order valence-corrected chi connectivity index (χ1v) is 5.53. The Balaban J connectivity index is 2.36. The third-order valence-corrected chi connectivity index (χ3v) is 2.63. The van der Waals surface area contributed by atoms with Crippen molar-refractivity contribution in [3.05, 3.63) is 34.3 Å². The van der Waals surface area contributed by atoms with E-state index in [1.165, 1.54) is 0 Å². The van der Waals surface area contributed by atoms with Crippen LogP contribution in [0.4, 0.5) is 13.2 Å². The van der Waals surface area contributed by atoms with Crippen LogP contribution in [-0.4, -0.2) is 12.0 Å². The van der Waals surface area contributed by atoms with Gasteiger partial charge in [-0.15, -0.1) is 0 Å². The molecule has 0 saturated heterocycles. The van der Waals surface area contributed by atoms with Gasteiger partial charge in [0.05, 0.1) is 0 Å². The first-order valence-electron chi connectivity index (χ1n) is 4.74. The smallest absolute Gasteiger partial charge is 0.290 e. The summed E-state index contributed by atoms with van der Waals surface area (Å²) >= 11 is 3.26. The van der Waals surface area contributed by atoms with Crippen LogP contribution in [0.15, 0.2) is 28.7 Å². The molecular formula is C11H10BrF3O. The highest BCUT2D eigenvalue weighted by Crippen LogP contribution is 2.19. The maximum Gasteiger partial charge on any atom is 0.449 e. The normalized spacial score (nSPS) is 11.5. The molecule has 0 heterocycles. The average molecular weight is 295 g/mol. The molecule has 0 atom stereocenters. The van der Waals surface area contributed by atoms with Crippen LogP contribution in [0.3, 0.4) is 0 Å². The lowest BCUT2D eigenvalue weighted by atomic mass is 10.1. The van der Waals surface area contributed by atoms with Crippen molar-refractivity contribution in [2.24, 2.45) is 0 Å². The molecule has 0 fully saturated rings. The largest absolute Gasteiger partial charge is 0.449 e. The summed E-state index contributed by atoms with van der Waals surface area (Å²) < 4.78 is 36.5. The summed E-state index contributed by atoms with van der Waals surface area (Å²) in [4.78, 5) is 10.6. The minimum atomic E-state index is -4.69. The number of hydrogen-bond donors (Lipinski definition) is 0. The molecule has 16 heavy (non-hydrogen) atoms. The van der Waals surface area contributed by atoms with Crippen LogP contribution in [-0.2, 0) is 11.2 Å². The van der Waals surface area contributed by atoms with E-state index in [9.17, 15) is 18.0 Å². The molecule has 1 aromatic carbocycles. The first-order chi connectivity index (χ1) is 7.39. The molecular weight excluding hydrogens is 285 g/mol. The number of benzene rings is 1. The van der Waals surface area contributed by atoms with Gasteiger partial charge in [-0.05, 0) is 30.5 Å². The molecule has 0 amide bonds. The van der Waals surface area contributed by atoms with E-state index in [0.717, 1.165) is 10.0 Å². The number of rotatable bonds is 4. The van der Waals surface area contributed by atoms with Gasteiger partial charge >= 0.3 is 6.18 Å². The van der Waals surface area contributed by atoms with E-state index in [1.54, 1.807) is 0 Å². The highest BCUT2D eigenvalue weighted by atomic mass is 79.9. The Kier molecular flexibility index (Phi) is 4.53. The molecule has 1 rings (SSSR count). The highest BCUT2D eigenvalue weighted by molar-refractivity contribution is 9.10. The predicted molar refractivity (Wildman–Crippen MR) is 58.1 cm³/mol. The van der Waals surface area contributed by atoms with Gasteiger partial charge in [-0.1, -0.05) is 28.1 Å². The molecule has 1 nitrogen and oxygen atoms in total. The van der Waals surface area contributed by atoms with Gasteiger partial charge < -0.3 is 0 Å². The van der Waals surface area contributed by atoms with Crippen molar-refractivity contribution in [1.29, 1.82) is 0 Å². The second-order valence-electron chi connectivity index (χ2n) is 3.40. The Labute approximate surface area is 99.8 Å². The quantitative estimate of drug-likeness (QED) is 0.823. The van der Waals surface area contributed by atoms with E-state index in [0.29, 0.717) is 6.42 Å². The molecule has 0 aliphatic carbocycles. The summed E-state index contributed by atoms with van der Waals surface area (Å²) in [6.07, 6.45) is -4.44. The fourth-order valence-corrected chi connectivity index (χ4v) is 1.51. The van der Waals surface area contributed by atoms with E-state index in [4.69, 9.17) is 0 Å². The van der Waals surface area contributed by atoms with Crippen LogP contribution >= 0.6 is 15.9 Å². The Morgan fingerprint density at radius 3 is 2.25 bits per heavy atom. The van der Waals surface area contributed by atoms with Gasteiger partial charge in [0.2, 0.25) is 5.78 Å². The van der Waals surface area contributed by atoms with Gasteiger partial charge in [-0.3, -0.25) is 4.79 Å². The Morgan fingerprint density at radius 1 is 1.19 bits per heavy atom. The van der Waals surface area contributed by atoms with Crippen LogP contribution in [0.1, 0.15) is 18.4 Å². The highest BCUT2D eigenvalue weighted by Gasteiger charge is 2.37. The summed E-state index contributed by atoms with van der Waals surface area (Å²) in [5, 5.41) is 0. The first kappa shape index (κ1) is 13.2. The summed E-state index contributed by atoms with van der Waals surface area (Å²) in [6.45, 7) is 0. The molecule has 0 aliphatic rings. The molecule has 0 radical (unpaired) electrons. The van der Waals surface area contributed by atoms with Gasteiger partial charge in [-0.25, -0.2) is 0 Å². The lowest BCUT2D eigenvalue weighted by molar-refractivity contribution is -0.171. The topological polar surface area (TPSA) is 17.1 Å². The van der Waals surface area contributed by atoms with E-state index in [-0.39, 0.29) is 6.42 Å². The summed E-state index contributed by atoms with van der Waals surface area (Å²) in [5.41, 5.74) is 0.929. The van der Waals surface area contributed by atoms with Gasteiger partial charge in [0.15, 0.2) is 0 Å². The van der Waals surface area contributed by atoms with Crippen LogP contribution < -0.4 is 0 Å². The van der Waals surface area contributed by atoms with Crippen molar-refractivity contribution in [2.45, 2.75) is 25.4 Å². The number of alkyl halides is 3. The molecule has 0 aromatic heterocycles. The van der Waals surface area contributed by atoms with Gasteiger partial charge in [0, 0.05) is 10.9 Å². The standard InChI is InChI=1S/C11H10BrF3O/c12-9-6-4-8(5-7-9)2-1-3-10(16)11(13,14)15/h4-7H,1-3H2. The number of halogens is 4. The Bertz CT molecular complexity index is 356. The molecule has 5 heteroatoms. The van der Waals surface area contributed by atoms with E-state index in [1.807, 2.05) is 24.3 Å². The van der Waals surface area contributed by atoms with Crippen LogP contribution in [0.2, 0.25) is 0 Å². The van der Waals surface area contributed by atoms with Gasteiger partial charge in [0.25, 0.3) is 0 Å². The second kappa shape index (κ2) is 5.48. The summed E-state index contributed by atoms with van der Waals surface area (Å²) in [5.74, 6) is -1.65. The average Bonchev–Trinajstić information content (AvgIpc) is 2.19. The molecule has 0 unspecified atom stereocenters. The van der Waals surface area contributed by atoms with Gasteiger partial charge in [0.1, 0.15) is 0 Å². The van der Waals surface area contributed by atoms with Crippen LogP contribution in [0.25, 0.3) is 0 Å². The zero-order valence-corrected chi connectivity index (χ0v) is 9.94. The second-order valence-corrected chi connectivity index (χ2v) is 4.32. The molecule has 0 aliphatic heterocycles. The Morgan fingerprint density at radius 2 is 1.75 bits per heavy atom. The fraction of sp³-hybridized carbons (Fsp3) is 0.364. The predicted octanol–water partition coefficient (Wildman–Crippen LogP) is 3.90. The zero-order chi connectivity index (χ0) is 12.2. The third kappa shape index (κ3) is 4.35. The number of hydrogen-bond acceptors (Lipinski definition) is 1. The van der Waals surface area contributed by atoms with Crippen molar-refractivity contribution >= 4 is 21.7 Å². The zero-order valence-electron chi connectivity index (χ0n) is 8.35. The number of ketones is 1. The molecule has 1 aromatic rings. The Hall–Kier alpha value is -0.840. The number of aryl methyl sites for hydroxylation is 1.